The molecule has 1 amide bonds. The van der Waals surface area contributed by atoms with E-state index < -0.39 is 0 Å². The standard InChI is InChI=1S/C12H13NO/c1-9-4-2-7-11(8-9)13-12(14)10-5-3-6-10/h1-2,4,7-8,10H,3,5-6H2,(H,13,14). The number of nitrogens with one attached hydrogen (secondary N) is 1. The monoisotopic (exact) mass is 187 g/mol. The highest BCUT2D eigenvalue weighted by molar-refractivity contribution is 5.93. The van der Waals surface area contributed by atoms with Crippen LogP contribution in [0, 0.1) is 12.8 Å². The fourth-order valence-corrected chi connectivity index (χ4v) is 1.53. The summed E-state index contributed by atoms with van der Waals surface area (Å²) < 4.78 is 0. The van der Waals surface area contributed by atoms with Crippen molar-refractivity contribution in [3.63, 3.8) is 0 Å². The topological polar surface area (TPSA) is 29.1 Å². The fraction of sp³-hybridized carbons (Fsp3) is 0.333. The lowest BCUT2D eigenvalue weighted by Crippen LogP contribution is -2.27. The van der Waals surface area contributed by atoms with Crippen molar-refractivity contribution in [2.45, 2.75) is 19.3 Å². The molecule has 14 heavy (non-hydrogen) atoms. The lowest BCUT2D eigenvalue weighted by Gasteiger charge is -2.24. The van der Waals surface area contributed by atoms with Crippen LogP contribution < -0.4 is 5.32 Å². The minimum Gasteiger partial charge on any atom is -0.326 e. The number of carbonyl (C=O) groups excluding carboxylic acids is 1. The first kappa shape index (κ1) is 9.25. The largest absolute Gasteiger partial charge is 0.326 e. The summed E-state index contributed by atoms with van der Waals surface area (Å²) in [5.41, 5.74) is 1.47. The predicted molar refractivity (Wildman–Crippen MR) is 55.8 cm³/mol. The number of hydrogen-bond acceptors (Lipinski definition) is 1. The molecule has 0 heterocycles. The zero-order valence-corrected chi connectivity index (χ0v) is 7.99. The van der Waals surface area contributed by atoms with Crippen LogP contribution in [-0.4, -0.2) is 5.91 Å². The summed E-state index contributed by atoms with van der Waals surface area (Å²) in [6, 6.07) is 7.27. The number of rotatable bonds is 2. The van der Waals surface area contributed by atoms with Gasteiger partial charge in [0.15, 0.2) is 0 Å². The third kappa shape index (κ3) is 1.95. The minimum absolute atomic E-state index is 0.127. The van der Waals surface area contributed by atoms with Crippen LogP contribution in [0.2, 0.25) is 0 Å². The van der Waals surface area contributed by atoms with Crippen LogP contribution in [0.1, 0.15) is 24.8 Å². The van der Waals surface area contributed by atoms with E-state index in [4.69, 9.17) is 6.92 Å². The normalized spacial score (nSPS) is 16.1. The third-order valence-corrected chi connectivity index (χ3v) is 2.63. The number of anilines is 1. The van der Waals surface area contributed by atoms with E-state index in [-0.39, 0.29) is 11.8 Å². The summed E-state index contributed by atoms with van der Waals surface area (Å²) in [4.78, 5) is 11.6. The Kier molecular flexibility index (Phi) is 2.53. The maximum absolute atomic E-state index is 11.6. The van der Waals surface area contributed by atoms with Crippen LogP contribution in [0.25, 0.3) is 0 Å². The Morgan fingerprint density at radius 1 is 1.43 bits per heavy atom. The Bertz CT molecular complexity index is 342. The summed E-state index contributed by atoms with van der Waals surface area (Å²) in [7, 11) is 0. The third-order valence-electron chi connectivity index (χ3n) is 2.63. The summed E-state index contributed by atoms with van der Waals surface area (Å²) in [5.74, 6) is 0.346. The zero-order valence-electron chi connectivity index (χ0n) is 7.99. The summed E-state index contributed by atoms with van der Waals surface area (Å²) in [6.07, 6.45) is 3.22. The molecule has 0 aliphatic heterocycles. The van der Waals surface area contributed by atoms with Crippen molar-refractivity contribution in [3.05, 3.63) is 36.8 Å². The molecule has 1 fully saturated rings. The molecule has 0 bridgehead atoms. The molecule has 1 N–H and O–H groups in total. The number of carbonyl (C=O) groups is 1. The molecule has 1 aliphatic carbocycles. The highest BCUT2D eigenvalue weighted by Gasteiger charge is 2.24. The lowest BCUT2D eigenvalue weighted by atomic mass is 9.85. The van der Waals surface area contributed by atoms with Crippen molar-refractivity contribution < 1.29 is 4.79 Å². The molecular weight excluding hydrogens is 174 g/mol. The van der Waals surface area contributed by atoms with E-state index in [1.165, 1.54) is 6.42 Å². The maximum Gasteiger partial charge on any atom is 0.227 e. The Morgan fingerprint density at radius 3 is 2.79 bits per heavy atom. The first-order chi connectivity index (χ1) is 6.75. The van der Waals surface area contributed by atoms with E-state index in [2.05, 4.69) is 5.32 Å². The lowest BCUT2D eigenvalue weighted by molar-refractivity contribution is -0.122. The molecule has 0 atom stereocenters. The van der Waals surface area contributed by atoms with Gasteiger partial charge < -0.3 is 5.32 Å². The summed E-state index contributed by atoms with van der Waals surface area (Å²) >= 11 is 0. The molecule has 1 aromatic carbocycles. The summed E-state index contributed by atoms with van der Waals surface area (Å²) in [6.45, 7) is 5.61. The van der Waals surface area contributed by atoms with E-state index >= 15 is 0 Å². The first-order valence-corrected chi connectivity index (χ1v) is 4.92. The Labute approximate surface area is 84.3 Å². The van der Waals surface area contributed by atoms with Gasteiger partial charge in [-0.2, -0.15) is 0 Å². The number of amides is 1. The molecule has 0 unspecified atom stereocenters. The average molecular weight is 187 g/mol. The summed E-state index contributed by atoms with van der Waals surface area (Å²) in [5, 5.41) is 2.87. The highest BCUT2D eigenvalue weighted by atomic mass is 16.1. The van der Waals surface area contributed by atoms with Crippen molar-refractivity contribution in [2.24, 2.45) is 5.92 Å². The second-order valence-corrected chi connectivity index (χ2v) is 3.74. The quantitative estimate of drug-likeness (QED) is 0.757. The first-order valence-electron chi connectivity index (χ1n) is 4.92. The number of hydrogen-bond donors (Lipinski definition) is 1. The van der Waals surface area contributed by atoms with Crippen molar-refractivity contribution in [1.82, 2.24) is 0 Å². The second kappa shape index (κ2) is 3.82. The van der Waals surface area contributed by atoms with Crippen LogP contribution in [0.5, 0.6) is 0 Å². The van der Waals surface area contributed by atoms with E-state index in [0.29, 0.717) is 5.56 Å². The molecular formula is C12H13NO. The fourth-order valence-electron chi connectivity index (χ4n) is 1.53. The van der Waals surface area contributed by atoms with Crippen LogP contribution in [-0.2, 0) is 4.79 Å². The smallest absolute Gasteiger partial charge is 0.227 e. The van der Waals surface area contributed by atoms with Gasteiger partial charge in [0.2, 0.25) is 5.91 Å². The molecule has 0 saturated heterocycles. The van der Waals surface area contributed by atoms with Crippen LogP contribution in [0.3, 0.4) is 0 Å². The van der Waals surface area contributed by atoms with Gasteiger partial charge >= 0.3 is 0 Å². The van der Waals surface area contributed by atoms with Gasteiger partial charge in [-0.15, -0.1) is 0 Å². The van der Waals surface area contributed by atoms with E-state index in [1.54, 1.807) is 12.1 Å². The van der Waals surface area contributed by atoms with Crippen molar-refractivity contribution in [3.8, 4) is 0 Å². The molecule has 1 aliphatic rings. The van der Waals surface area contributed by atoms with Gasteiger partial charge in [-0.05, 0) is 37.5 Å². The van der Waals surface area contributed by atoms with Crippen molar-refractivity contribution >= 4 is 11.6 Å². The molecule has 0 spiro atoms. The Morgan fingerprint density at radius 2 is 2.21 bits per heavy atom. The second-order valence-electron chi connectivity index (χ2n) is 3.74. The molecule has 0 aromatic heterocycles. The Balaban J connectivity index is 1.99. The maximum atomic E-state index is 11.6. The van der Waals surface area contributed by atoms with Gasteiger partial charge in [0, 0.05) is 11.6 Å². The highest BCUT2D eigenvalue weighted by Crippen LogP contribution is 2.27. The Hall–Kier alpha value is -1.31. The van der Waals surface area contributed by atoms with Gasteiger partial charge in [-0.3, -0.25) is 4.79 Å². The van der Waals surface area contributed by atoms with Gasteiger partial charge in [0.1, 0.15) is 0 Å². The van der Waals surface area contributed by atoms with Crippen molar-refractivity contribution in [1.29, 1.82) is 0 Å². The van der Waals surface area contributed by atoms with Crippen LogP contribution >= 0.6 is 0 Å². The van der Waals surface area contributed by atoms with Gasteiger partial charge in [0.25, 0.3) is 0 Å². The van der Waals surface area contributed by atoms with Gasteiger partial charge in [0.05, 0.1) is 0 Å². The molecule has 1 saturated carbocycles. The van der Waals surface area contributed by atoms with Gasteiger partial charge in [-0.1, -0.05) is 18.6 Å². The van der Waals surface area contributed by atoms with Crippen LogP contribution in [0.15, 0.2) is 24.3 Å². The molecule has 1 aromatic rings. The molecule has 72 valence electrons. The van der Waals surface area contributed by atoms with Crippen molar-refractivity contribution in [2.75, 3.05) is 5.32 Å². The zero-order chi connectivity index (χ0) is 9.97. The molecule has 2 radical (unpaired) electrons. The number of benzene rings is 1. The average Bonchev–Trinajstić information content (AvgIpc) is 1.99. The molecule has 2 heteroatoms. The molecule has 2 rings (SSSR count). The van der Waals surface area contributed by atoms with Gasteiger partial charge in [-0.25, -0.2) is 0 Å². The van der Waals surface area contributed by atoms with E-state index in [9.17, 15) is 4.79 Å². The van der Waals surface area contributed by atoms with Crippen LogP contribution in [0.4, 0.5) is 5.69 Å². The molecule has 2 nitrogen and oxygen atoms in total. The van der Waals surface area contributed by atoms with E-state index in [1.807, 2.05) is 12.1 Å². The minimum atomic E-state index is 0.127. The van der Waals surface area contributed by atoms with E-state index in [0.717, 1.165) is 18.5 Å². The predicted octanol–water partition coefficient (Wildman–Crippen LogP) is 2.48. The SMILES string of the molecule is [CH]c1cccc(NC(=O)C2CCC2)c1.